The molecule has 0 aliphatic carbocycles. The number of amides is 4. The van der Waals surface area contributed by atoms with Crippen molar-refractivity contribution in [2.45, 2.75) is 413 Å². The van der Waals surface area contributed by atoms with Crippen molar-refractivity contribution in [1.29, 1.82) is 0 Å². The number of allylic oxidation sites excluding steroid dienone is 4. The summed E-state index contributed by atoms with van der Waals surface area (Å²) in [5.41, 5.74) is 0. The second kappa shape index (κ2) is 78.0. The van der Waals surface area contributed by atoms with Crippen molar-refractivity contribution in [3.8, 4) is 0 Å². The summed E-state index contributed by atoms with van der Waals surface area (Å²) >= 11 is 0. The van der Waals surface area contributed by atoms with Crippen LogP contribution >= 0.6 is 15.6 Å². The van der Waals surface area contributed by atoms with Gasteiger partial charge < -0.3 is 50.0 Å². The second-order valence-electron chi connectivity index (χ2n) is 30.3. The summed E-state index contributed by atoms with van der Waals surface area (Å²) in [4.78, 5) is 125. The third kappa shape index (κ3) is 74.6. The Morgan fingerprint density at radius 2 is 0.607 bits per heavy atom. The normalized spacial score (nSPS) is 13.8. The van der Waals surface area contributed by atoms with Crippen molar-refractivity contribution in [1.82, 2.24) is 21.3 Å². The van der Waals surface area contributed by atoms with Crippen LogP contribution in [0.15, 0.2) is 24.3 Å². The van der Waals surface area contributed by atoms with E-state index in [2.05, 4.69) is 87.1 Å². The van der Waals surface area contributed by atoms with E-state index >= 15 is 0 Å². The minimum atomic E-state index is -4.79. The fourth-order valence-electron chi connectivity index (χ4n) is 12.6. The zero-order valence-electron chi connectivity index (χ0n) is 71.0. The van der Waals surface area contributed by atoms with Crippen LogP contribution in [0.4, 0.5) is 0 Å². The van der Waals surface area contributed by atoms with Crippen LogP contribution in [0.2, 0.25) is 0 Å². The van der Waals surface area contributed by atoms with Gasteiger partial charge in [-0.05, 0) is 89.9 Å². The first-order valence-electron chi connectivity index (χ1n) is 44.4. The van der Waals surface area contributed by atoms with Crippen molar-refractivity contribution < 1.29 is 94.3 Å². The Balaban J connectivity index is 5.60. The quantitative estimate of drug-likeness (QED) is 0.0108. The van der Waals surface area contributed by atoms with Gasteiger partial charge in [0.25, 0.3) is 0 Å². The first-order valence-corrected chi connectivity index (χ1v) is 47.4. The lowest BCUT2D eigenvalue weighted by Gasteiger charge is -2.22. The summed E-state index contributed by atoms with van der Waals surface area (Å²) in [5, 5.41) is 10.4. The summed E-state index contributed by atoms with van der Waals surface area (Å²) in [6.07, 6.45) is 54.1. The first-order chi connectivity index (χ1) is 54.2. The van der Waals surface area contributed by atoms with E-state index < -0.39 is 90.0 Å². The number of carbonyl (C=O) groups is 8. The fourth-order valence-corrected chi connectivity index (χ4v) is 14.1. The molecule has 0 heterocycles. The molecule has 24 nitrogen and oxygen atoms in total. The fraction of sp³-hybridized carbons (Fsp3) is 0.860. The van der Waals surface area contributed by atoms with Crippen molar-refractivity contribution in [2.75, 3.05) is 65.9 Å². The maximum absolute atomic E-state index is 13.3. The van der Waals surface area contributed by atoms with Crippen LogP contribution in [0.25, 0.3) is 0 Å². The van der Waals surface area contributed by atoms with E-state index in [1.54, 1.807) is 0 Å². The largest absolute Gasteiger partial charge is 0.472 e. The lowest BCUT2D eigenvalue weighted by molar-refractivity contribution is -0.151. The molecule has 654 valence electrons. The molecule has 0 bridgehead atoms. The third-order valence-corrected chi connectivity index (χ3v) is 21.3. The van der Waals surface area contributed by atoms with Gasteiger partial charge in [0.2, 0.25) is 23.6 Å². The molecule has 0 fully saturated rings. The molecule has 6 atom stereocenters. The standard InChI is InChI=1S/C86H160N4O20P2/c1-7-13-19-25-29-33-37-43-47-53-77(91)69-83(95)89-75(71-103-65-61-79(55-49-41-23-17-11-5)109-85(97)57-51-45-39-35-31-27-21-15-9-3)73-107-111(99,100)105-67-63-87-81(93)59-60-82(94)88-64-68-106-112(101,102)108-74-76(90-84(96)70-78(92)54-48-44-38-34-30-26-20-14-8-2)72-104-66-62-80(56-50-42-24-18-12-6)110-86(98)58-52-46-40-36-32-28-22-16-10-4/h35-36,39-40,75-76,79-80H,7-34,37-38,41-74H2,1-6H3,(H,87,93)(H,88,94)(H,89,95)(H,90,96)(H,99,100)(H,101,102)/b39-35+,40-36+. The van der Waals surface area contributed by atoms with Crippen LogP contribution in [0.1, 0.15) is 388 Å². The number of ketones is 2. The van der Waals surface area contributed by atoms with E-state index in [4.69, 9.17) is 37.0 Å². The Labute approximate surface area is 677 Å². The minimum absolute atomic E-state index is 0.139. The highest BCUT2D eigenvalue weighted by Gasteiger charge is 2.28. The number of rotatable bonds is 85. The molecule has 0 saturated heterocycles. The minimum Gasteiger partial charge on any atom is -0.462 e. The molecule has 0 aromatic carbocycles. The number of carbonyl (C=O) groups excluding carboxylic acids is 8. The molecule has 0 aromatic heterocycles. The average Bonchev–Trinajstić information content (AvgIpc) is 0.913. The van der Waals surface area contributed by atoms with Crippen LogP contribution < -0.4 is 21.3 Å². The van der Waals surface area contributed by atoms with Gasteiger partial charge in [-0.15, -0.1) is 0 Å². The predicted molar refractivity (Wildman–Crippen MR) is 446 cm³/mol. The summed E-state index contributed by atoms with van der Waals surface area (Å²) < 4.78 is 71.0. The molecular formula is C86H160N4O20P2. The molecule has 6 unspecified atom stereocenters. The van der Waals surface area contributed by atoms with Gasteiger partial charge in [0.15, 0.2) is 0 Å². The maximum atomic E-state index is 13.3. The highest BCUT2D eigenvalue weighted by Crippen LogP contribution is 2.44. The van der Waals surface area contributed by atoms with Gasteiger partial charge in [-0.2, -0.15) is 0 Å². The number of phosphoric ester groups is 2. The summed E-state index contributed by atoms with van der Waals surface area (Å²) in [5.74, 6) is -3.38. The summed E-state index contributed by atoms with van der Waals surface area (Å²) in [7, 11) is -9.59. The Morgan fingerprint density at radius 1 is 0.312 bits per heavy atom. The predicted octanol–water partition coefficient (Wildman–Crippen LogP) is 19.7. The molecule has 0 aliphatic heterocycles. The molecule has 0 aliphatic rings. The average molecular weight is 1630 g/mol. The molecule has 0 rings (SSSR count). The SMILES string of the molecule is CCCCCC/C=C/CCCC(=O)OC(CCCCCCC)CCOCC(COP(=O)(O)OCCNC(=O)CCC(=O)NCCOP(=O)(O)OCC(COCCC(CCCCCCC)OC(=O)CCC/C=C/CCCCCC)NC(=O)CC(=O)CCCCCCCCCCC)NC(=O)CC(=O)CCCCCCCCCCC. The Kier molecular flexibility index (Phi) is 75.0. The molecule has 0 radical (unpaired) electrons. The number of esters is 2. The summed E-state index contributed by atoms with van der Waals surface area (Å²) in [6.45, 7) is 10.5. The molecule has 0 saturated carbocycles. The number of ether oxygens (including phenoxy) is 4. The highest BCUT2D eigenvalue weighted by atomic mass is 31.2. The third-order valence-electron chi connectivity index (χ3n) is 19.3. The smallest absolute Gasteiger partial charge is 0.462 e. The number of hydrogen-bond donors (Lipinski definition) is 6. The zero-order chi connectivity index (χ0) is 82.5. The topological polar surface area (TPSA) is 333 Å². The maximum Gasteiger partial charge on any atom is 0.472 e. The van der Waals surface area contributed by atoms with Crippen LogP contribution in [0.5, 0.6) is 0 Å². The molecule has 0 aromatic rings. The van der Waals surface area contributed by atoms with Gasteiger partial charge in [0.05, 0.1) is 77.8 Å². The molecule has 6 N–H and O–H groups in total. The molecule has 0 spiro atoms. The molecule has 26 heteroatoms. The monoisotopic (exact) mass is 1630 g/mol. The number of phosphoric acid groups is 2. The molecular weight excluding hydrogens is 1470 g/mol. The number of hydrogen-bond acceptors (Lipinski definition) is 18. The molecule has 112 heavy (non-hydrogen) atoms. The van der Waals surface area contributed by atoms with Gasteiger partial charge in [-0.25, -0.2) is 9.13 Å². The van der Waals surface area contributed by atoms with Gasteiger partial charge in [0.1, 0.15) is 23.8 Å². The second-order valence-corrected chi connectivity index (χ2v) is 33.2. The van der Waals surface area contributed by atoms with E-state index in [-0.39, 0.29) is 102 Å². The van der Waals surface area contributed by atoms with Gasteiger partial charge >= 0.3 is 27.6 Å². The summed E-state index contributed by atoms with van der Waals surface area (Å²) in [6, 6.07) is -1.97. The van der Waals surface area contributed by atoms with Crippen LogP contribution in [-0.4, -0.2) is 147 Å². The first kappa shape index (κ1) is 108. The molecule has 4 amide bonds. The lowest BCUT2D eigenvalue weighted by Crippen LogP contribution is -2.42. The van der Waals surface area contributed by atoms with E-state index in [1.807, 2.05) is 0 Å². The number of unbranched alkanes of at least 4 members (excludes halogenated alkanes) is 34. The number of Topliss-reactive ketones (excluding diaryl/α,β-unsaturated/α-hetero) is 2. The van der Waals surface area contributed by atoms with Gasteiger partial charge in [-0.3, -0.25) is 56.5 Å². The number of nitrogens with one attached hydrogen (secondary N) is 4. The van der Waals surface area contributed by atoms with E-state index in [1.165, 1.54) is 103 Å². The zero-order valence-corrected chi connectivity index (χ0v) is 72.8. The van der Waals surface area contributed by atoms with Crippen molar-refractivity contribution in [2.24, 2.45) is 0 Å². The lowest BCUT2D eigenvalue weighted by atomic mass is 10.0. The highest BCUT2D eigenvalue weighted by molar-refractivity contribution is 7.47. The van der Waals surface area contributed by atoms with E-state index in [0.29, 0.717) is 64.2 Å². The van der Waals surface area contributed by atoms with Crippen LogP contribution in [0.3, 0.4) is 0 Å². The van der Waals surface area contributed by atoms with Crippen molar-refractivity contribution >= 4 is 62.8 Å². The Morgan fingerprint density at radius 3 is 0.938 bits per heavy atom. The van der Waals surface area contributed by atoms with Crippen LogP contribution in [-0.2, 0) is 84.5 Å². The van der Waals surface area contributed by atoms with E-state index in [0.717, 1.165) is 141 Å². The van der Waals surface area contributed by atoms with Gasteiger partial charge in [0, 0.05) is 64.5 Å². The van der Waals surface area contributed by atoms with Crippen LogP contribution in [0, 0.1) is 0 Å². The Hall–Kier alpha value is -4.22. The van der Waals surface area contributed by atoms with E-state index in [9.17, 15) is 57.3 Å². The van der Waals surface area contributed by atoms with Crippen molar-refractivity contribution in [3.05, 3.63) is 24.3 Å². The Bertz CT molecular complexity index is 2340. The van der Waals surface area contributed by atoms with Gasteiger partial charge in [-0.1, -0.05) is 258 Å². The van der Waals surface area contributed by atoms with Crippen molar-refractivity contribution in [3.63, 3.8) is 0 Å².